The Hall–Kier alpha value is -1.90. The third-order valence-corrected chi connectivity index (χ3v) is 8.03. The van der Waals surface area contributed by atoms with Crippen LogP contribution in [-0.2, 0) is 25.6 Å². The van der Waals surface area contributed by atoms with Crippen LogP contribution in [0.1, 0.15) is 23.3 Å². The highest BCUT2D eigenvalue weighted by atomic mass is 32.2. The van der Waals surface area contributed by atoms with Crippen LogP contribution in [0.15, 0.2) is 52.5 Å². The molecule has 0 spiro atoms. The molecule has 1 fully saturated rings. The zero-order valence-corrected chi connectivity index (χ0v) is 16.0. The van der Waals surface area contributed by atoms with E-state index < -0.39 is 25.1 Å². The molecule has 2 aromatic rings. The lowest BCUT2D eigenvalue weighted by Crippen LogP contribution is -2.31. The molecule has 2 heterocycles. The van der Waals surface area contributed by atoms with E-state index >= 15 is 0 Å². The lowest BCUT2D eigenvalue weighted by Gasteiger charge is -2.14. The first-order chi connectivity index (χ1) is 12.3. The van der Waals surface area contributed by atoms with Crippen molar-refractivity contribution in [2.45, 2.75) is 24.3 Å². The molecule has 0 saturated carbocycles. The quantitative estimate of drug-likeness (QED) is 0.750. The zero-order valence-electron chi connectivity index (χ0n) is 14.4. The number of aryl methyl sites for hydroxylation is 1. The van der Waals surface area contributed by atoms with Gasteiger partial charge in [0.15, 0.2) is 9.84 Å². The SMILES string of the molecule is Cc1ccc(/C=C/S(=O)(=O)N2CCC(S(=O)(=O)Cc3ccco3)C2)cc1. The summed E-state index contributed by atoms with van der Waals surface area (Å²) >= 11 is 0. The Bertz CT molecular complexity index is 975. The van der Waals surface area contributed by atoms with Crippen LogP contribution in [0.25, 0.3) is 6.08 Å². The molecule has 8 heteroatoms. The van der Waals surface area contributed by atoms with Crippen LogP contribution in [0.2, 0.25) is 0 Å². The molecular weight excluding hydrogens is 374 g/mol. The number of hydrogen-bond acceptors (Lipinski definition) is 5. The van der Waals surface area contributed by atoms with Gasteiger partial charge in [-0.05, 0) is 37.1 Å². The van der Waals surface area contributed by atoms with E-state index in [4.69, 9.17) is 4.42 Å². The standard InChI is InChI=1S/C18H21NO5S2/c1-15-4-6-16(7-5-15)9-12-26(22,23)19-10-8-18(13-19)25(20,21)14-17-3-2-11-24-17/h2-7,9,11-12,18H,8,10,13-14H2,1H3/b12-9+. The van der Waals surface area contributed by atoms with Gasteiger partial charge in [0.1, 0.15) is 11.5 Å². The van der Waals surface area contributed by atoms with Crippen LogP contribution >= 0.6 is 0 Å². The first kappa shape index (κ1) is 18.9. The van der Waals surface area contributed by atoms with Crippen molar-refractivity contribution < 1.29 is 21.3 Å². The minimum absolute atomic E-state index is 0.0242. The van der Waals surface area contributed by atoms with Crippen molar-refractivity contribution in [3.63, 3.8) is 0 Å². The van der Waals surface area contributed by atoms with Gasteiger partial charge < -0.3 is 4.42 Å². The summed E-state index contributed by atoms with van der Waals surface area (Å²) in [5.74, 6) is 0.156. The van der Waals surface area contributed by atoms with Crippen LogP contribution in [-0.4, -0.2) is 39.5 Å². The maximum Gasteiger partial charge on any atom is 0.236 e. The van der Waals surface area contributed by atoms with Crippen molar-refractivity contribution in [3.05, 3.63) is 65.0 Å². The Labute approximate surface area is 154 Å². The Kier molecular flexibility index (Phi) is 5.36. The minimum atomic E-state index is -3.66. The third-order valence-electron chi connectivity index (χ3n) is 4.41. The summed E-state index contributed by atoms with van der Waals surface area (Å²) in [6.07, 6.45) is 3.24. The fourth-order valence-corrected chi connectivity index (χ4v) is 5.87. The van der Waals surface area contributed by atoms with Crippen LogP contribution in [0.3, 0.4) is 0 Å². The van der Waals surface area contributed by atoms with E-state index in [9.17, 15) is 16.8 Å². The summed E-state index contributed by atoms with van der Waals surface area (Å²) in [4.78, 5) is 0. The predicted octanol–water partition coefficient (Wildman–Crippen LogP) is 2.58. The van der Waals surface area contributed by atoms with Crippen LogP contribution in [0.4, 0.5) is 0 Å². The second-order valence-corrected chi connectivity index (χ2v) is 10.5. The van der Waals surface area contributed by atoms with Gasteiger partial charge in [0.05, 0.1) is 11.5 Å². The number of hydrogen-bond donors (Lipinski definition) is 0. The molecule has 1 aromatic carbocycles. The molecule has 0 amide bonds. The third kappa shape index (κ3) is 4.44. The van der Waals surface area contributed by atoms with Gasteiger partial charge in [0.25, 0.3) is 0 Å². The molecule has 26 heavy (non-hydrogen) atoms. The summed E-state index contributed by atoms with van der Waals surface area (Å²) in [7, 11) is -7.13. The van der Waals surface area contributed by atoms with E-state index in [-0.39, 0.29) is 18.8 Å². The number of sulfone groups is 1. The van der Waals surface area contributed by atoms with Crippen molar-refractivity contribution >= 4 is 25.9 Å². The van der Waals surface area contributed by atoms with Crippen molar-refractivity contribution in [1.29, 1.82) is 0 Å². The Morgan fingerprint density at radius 3 is 2.54 bits per heavy atom. The number of sulfonamides is 1. The highest BCUT2D eigenvalue weighted by Crippen LogP contribution is 2.24. The van der Waals surface area contributed by atoms with Gasteiger partial charge in [0.2, 0.25) is 10.0 Å². The Balaban J connectivity index is 1.68. The average Bonchev–Trinajstić information content (AvgIpc) is 3.26. The van der Waals surface area contributed by atoms with E-state index in [1.165, 1.54) is 16.6 Å². The van der Waals surface area contributed by atoms with Gasteiger partial charge in [-0.1, -0.05) is 29.8 Å². The molecule has 1 aromatic heterocycles. The van der Waals surface area contributed by atoms with Crippen LogP contribution in [0, 0.1) is 6.92 Å². The normalized spacial score (nSPS) is 19.3. The van der Waals surface area contributed by atoms with Crippen LogP contribution < -0.4 is 0 Å². The predicted molar refractivity (Wildman–Crippen MR) is 100 cm³/mol. The molecule has 0 bridgehead atoms. The summed E-state index contributed by atoms with van der Waals surface area (Å²) in [5, 5.41) is 0.425. The molecule has 6 nitrogen and oxygen atoms in total. The monoisotopic (exact) mass is 395 g/mol. The van der Waals surface area contributed by atoms with E-state index in [1.807, 2.05) is 31.2 Å². The number of benzene rings is 1. The molecule has 0 aliphatic carbocycles. The second kappa shape index (κ2) is 7.38. The van der Waals surface area contributed by atoms with E-state index in [1.54, 1.807) is 12.1 Å². The van der Waals surface area contributed by atoms with Gasteiger partial charge in [-0.3, -0.25) is 0 Å². The van der Waals surface area contributed by atoms with Gasteiger partial charge in [-0.25, -0.2) is 16.8 Å². The maximum absolute atomic E-state index is 12.5. The average molecular weight is 396 g/mol. The first-order valence-corrected chi connectivity index (χ1v) is 11.5. The van der Waals surface area contributed by atoms with Gasteiger partial charge in [-0.2, -0.15) is 4.31 Å². The maximum atomic E-state index is 12.5. The molecule has 1 aliphatic rings. The largest absolute Gasteiger partial charge is 0.468 e. The smallest absolute Gasteiger partial charge is 0.236 e. The number of nitrogens with zero attached hydrogens (tertiary/aromatic N) is 1. The Morgan fingerprint density at radius 1 is 1.15 bits per heavy atom. The van der Waals surface area contributed by atoms with Crippen molar-refractivity contribution in [2.75, 3.05) is 13.1 Å². The van der Waals surface area contributed by atoms with Crippen molar-refractivity contribution in [3.8, 4) is 0 Å². The first-order valence-electron chi connectivity index (χ1n) is 8.25. The van der Waals surface area contributed by atoms with Crippen LogP contribution in [0.5, 0.6) is 0 Å². The highest BCUT2D eigenvalue weighted by molar-refractivity contribution is 7.92. The Morgan fingerprint density at radius 2 is 1.88 bits per heavy atom. The highest BCUT2D eigenvalue weighted by Gasteiger charge is 2.37. The molecule has 1 unspecified atom stereocenters. The molecule has 3 rings (SSSR count). The summed E-state index contributed by atoms with van der Waals surface area (Å²) in [6, 6.07) is 10.7. The minimum Gasteiger partial charge on any atom is -0.468 e. The van der Waals surface area contributed by atoms with E-state index in [0.29, 0.717) is 12.2 Å². The molecule has 1 atom stereocenters. The number of furan rings is 1. The zero-order chi connectivity index (χ0) is 18.8. The number of rotatable bonds is 6. The summed E-state index contributed by atoms with van der Waals surface area (Å²) in [5.41, 5.74) is 1.87. The second-order valence-electron chi connectivity index (χ2n) is 6.41. The van der Waals surface area contributed by atoms with E-state index in [2.05, 4.69) is 0 Å². The fourth-order valence-electron chi connectivity index (χ4n) is 2.86. The van der Waals surface area contributed by atoms with Crippen molar-refractivity contribution in [1.82, 2.24) is 4.31 Å². The molecule has 1 saturated heterocycles. The molecule has 1 aliphatic heterocycles. The molecule has 0 radical (unpaired) electrons. The lowest BCUT2D eigenvalue weighted by atomic mass is 10.2. The molecule has 0 N–H and O–H groups in total. The molecule has 140 valence electrons. The van der Waals surface area contributed by atoms with E-state index in [0.717, 1.165) is 16.5 Å². The topological polar surface area (TPSA) is 84.7 Å². The van der Waals surface area contributed by atoms with Gasteiger partial charge >= 0.3 is 0 Å². The van der Waals surface area contributed by atoms with Gasteiger partial charge in [-0.15, -0.1) is 0 Å². The lowest BCUT2D eigenvalue weighted by molar-refractivity contribution is 0.485. The summed E-state index contributed by atoms with van der Waals surface area (Å²) in [6.45, 7) is 2.13. The van der Waals surface area contributed by atoms with Gasteiger partial charge in [0, 0.05) is 18.5 Å². The molecular formula is C18H21NO5S2. The van der Waals surface area contributed by atoms with Crippen molar-refractivity contribution in [2.24, 2.45) is 0 Å². The fraction of sp³-hybridized carbons (Fsp3) is 0.333. The summed E-state index contributed by atoms with van der Waals surface area (Å²) < 4.78 is 56.3.